The summed E-state index contributed by atoms with van der Waals surface area (Å²) in [5, 5.41) is 3.60. The monoisotopic (exact) mass is 217 g/mol. The quantitative estimate of drug-likeness (QED) is 0.797. The second-order valence-corrected chi connectivity index (χ2v) is 5.52. The van der Waals surface area contributed by atoms with Gasteiger partial charge >= 0.3 is 0 Å². The summed E-state index contributed by atoms with van der Waals surface area (Å²) in [7, 11) is 0. The van der Waals surface area contributed by atoms with Crippen LogP contribution in [0.2, 0.25) is 0 Å². The van der Waals surface area contributed by atoms with Crippen molar-refractivity contribution in [1.29, 1.82) is 0 Å². The molecule has 1 heterocycles. The highest BCUT2D eigenvalue weighted by Gasteiger charge is 2.28. The SMILES string of the molecule is CC1CC(c2ccc(C(C)C)cc2)C(C)N1. The van der Waals surface area contributed by atoms with Crippen LogP contribution in [0.5, 0.6) is 0 Å². The summed E-state index contributed by atoms with van der Waals surface area (Å²) < 4.78 is 0. The summed E-state index contributed by atoms with van der Waals surface area (Å²) in [5.41, 5.74) is 2.93. The Kier molecular flexibility index (Phi) is 3.34. The van der Waals surface area contributed by atoms with Crippen molar-refractivity contribution in [2.75, 3.05) is 0 Å². The Labute approximate surface area is 99.3 Å². The summed E-state index contributed by atoms with van der Waals surface area (Å²) in [6, 6.07) is 10.5. The van der Waals surface area contributed by atoms with Gasteiger partial charge in [-0.2, -0.15) is 0 Å². The standard InChI is InChI=1S/C15H23N/c1-10(2)13-5-7-14(8-6-13)15-9-11(3)16-12(15)4/h5-8,10-12,15-16H,9H2,1-4H3. The van der Waals surface area contributed by atoms with E-state index < -0.39 is 0 Å². The summed E-state index contributed by atoms with van der Waals surface area (Å²) in [6.07, 6.45) is 1.27. The molecule has 0 amide bonds. The van der Waals surface area contributed by atoms with Gasteiger partial charge in [0.2, 0.25) is 0 Å². The normalized spacial score (nSPS) is 29.9. The van der Waals surface area contributed by atoms with Crippen LogP contribution in [0, 0.1) is 0 Å². The molecule has 1 aromatic rings. The maximum Gasteiger partial charge on any atom is 0.0110 e. The van der Waals surface area contributed by atoms with Gasteiger partial charge in [0.25, 0.3) is 0 Å². The van der Waals surface area contributed by atoms with Gasteiger partial charge in [-0.15, -0.1) is 0 Å². The van der Waals surface area contributed by atoms with E-state index in [1.165, 1.54) is 17.5 Å². The van der Waals surface area contributed by atoms with Crippen LogP contribution in [-0.4, -0.2) is 12.1 Å². The molecule has 1 N–H and O–H groups in total. The zero-order valence-electron chi connectivity index (χ0n) is 10.8. The van der Waals surface area contributed by atoms with E-state index in [1.54, 1.807) is 0 Å². The molecule has 0 saturated carbocycles. The molecule has 1 heteroatoms. The maximum atomic E-state index is 3.60. The van der Waals surface area contributed by atoms with Crippen LogP contribution in [0.1, 0.15) is 57.1 Å². The van der Waals surface area contributed by atoms with Crippen molar-refractivity contribution in [2.45, 2.75) is 58.0 Å². The molecule has 1 fully saturated rings. The minimum Gasteiger partial charge on any atom is -0.311 e. The lowest BCUT2D eigenvalue weighted by molar-refractivity contribution is 0.574. The Hall–Kier alpha value is -0.820. The van der Waals surface area contributed by atoms with Crippen molar-refractivity contribution in [3.05, 3.63) is 35.4 Å². The van der Waals surface area contributed by atoms with Gasteiger partial charge < -0.3 is 5.32 Å². The Morgan fingerprint density at radius 1 is 1.12 bits per heavy atom. The molecule has 1 aliphatic heterocycles. The van der Waals surface area contributed by atoms with Crippen LogP contribution in [0.3, 0.4) is 0 Å². The third-order valence-electron chi connectivity index (χ3n) is 3.79. The largest absolute Gasteiger partial charge is 0.311 e. The second kappa shape index (κ2) is 4.58. The number of hydrogen-bond acceptors (Lipinski definition) is 1. The van der Waals surface area contributed by atoms with E-state index in [0.717, 1.165) is 0 Å². The lowest BCUT2D eigenvalue weighted by atomic mass is 9.90. The van der Waals surface area contributed by atoms with E-state index in [9.17, 15) is 0 Å². The molecular formula is C15H23N. The van der Waals surface area contributed by atoms with Gasteiger partial charge in [0.05, 0.1) is 0 Å². The van der Waals surface area contributed by atoms with Gasteiger partial charge in [0.1, 0.15) is 0 Å². The molecule has 2 rings (SSSR count). The molecule has 1 aromatic carbocycles. The molecule has 1 saturated heterocycles. The van der Waals surface area contributed by atoms with Crippen LogP contribution >= 0.6 is 0 Å². The molecule has 1 nitrogen and oxygen atoms in total. The third-order valence-corrected chi connectivity index (χ3v) is 3.79. The van der Waals surface area contributed by atoms with Crippen molar-refractivity contribution in [3.63, 3.8) is 0 Å². The second-order valence-electron chi connectivity index (χ2n) is 5.52. The van der Waals surface area contributed by atoms with Crippen LogP contribution in [-0.2, 0) is 0 Å². The Morgan fingerprint density at radius 2 is 1.75 bits per heavy atom. The Balaban J connectivity index is 2.15. The fourth-order valence-electron chi connectivity index (χ4n) is 2.77. The van der Waals surface area contributed by atoms with Crippen molar-refractivity contribution in [1.82, 2.24) is 5.32 Å². The first kappa shape index (κ1) is 11.7. The summed E-state index contributed by atoms with van der Waals surface area (Å²) in [6.45, 7) is 9.07. The van der Waals surface area contributed by atoms with E-state index in [1.807, 2.05) is 0 Å². The molecule has 3 unspecified atom stereocenters. The fraction of sp³-hybridized carbons (Fsp3) is 0.600. The molecule has 3 atom stereocenters. The zero-order chi connectivity index (χ0) is 11.7. The average Bonchev–Trinajstić information content (AvgIpc) is 2.58. The van der Waals surface area contributed by atoms with Crippen molar-refractivity contribution in [2.24, 2.45) is 0 Å². The van der Waals surface area contributed by atoms with Gasteiger partial charge in [-0.05, 0) is 37.3 Å². The molecule has 0 radical (unpaired) electrons. The van der Waals surface area contributed by atoms with E-state index >= 15 is 0 Å². The fourth-order valence-corrected chi connectivity index (χ4v) is 2.77. The molecule has 0 bridgehead atoms. The number of benzene rings is 1. The topological polar surface area (TPSA) is 12.0 Å². The van der Waals surface area contributed by atoms with E-state index in [4.69, 9.17) is 0 Å². The number of nitrogens with one attached hydrogen (secondary N) is 1. The lowest BCUT2D eigenvalue weighted by Crippen LogP contribution is -2.26. The zero-order valence-corrected chi connectivity index (χ0v) is 10.8. The van der Waals surface area contributed by atoms with Crippen LogP contribution in [0.25, 0.3) is 0 Å². The highest BCUT2D eigenvalue weighted by atomic mass is 15.0. The summed E-state index contributed by atoms with van der Waals surface area (Å²) >= 11 is 0. The molecule has 16 heavy (non-hydrogen) atoms. The predicted molar refractivity (Wildman–Crippen MR) is 69.9 cm³/mol. The van der Waals surface area contributed by atoms with Gasteiger partial charge in [-0.1, -0.05) is 38.1 Å². The van der Waals surface area contributed by atoms with E-state index in [2.05, 4.69) is 57.3 Å². The summed E-state index contributed by atoms with van der Waals surface area (Å²) in [4.78, 5) is 0. The number of hydrogen-bond donors (Lipinski definition) is 1. The van der Waals surface area contributed by atoms with E-state index in [0.29, 0.717) is 23.9 Å². The first-order valence-corrected chi connectivity index (χ1v) is 6.44. The highest BCUT2D eigenvalue weighted by molar-refractivity contribution is 5.29. The van der Waals surface area contributed by atoms with Crippen LogP contribution in [0.15, 0.2) is 24.3 Å². The number of rotatable bonds is 2. The van der Waals surface area contributed by atoms with Gasteiger partial charge in [0, 0.05) is 18.0 Å². The van der Waals surface area contributed by atoms with Crippen molar-refractivity contribution < 1.29 is 0 Å². The van der Waals surface area contributed by atoms with E-state index in [-0.39, 0.29) is 0 Å². The van der Waals surface area contributed by atoms with Gasteiger partial charge in [-0.25, -0.2) is 0 Å². The van der Waals surface area contributed by atoms with Crippen molar-refractivity contribution in [3.8, 4) is 0 Å². The summed E-state index contributed by atoms with van der Waals surface area (Å²) in [5.74, 6) is 1.32. The predicted octanol–water partition coefficient (Wildman–Crippen LogP) is 3.66. The average molecular weight is 217 g/mol. The Bertz CT molecular complexity index is 339. The molecule has 0 aromatic heterocycles. The van der Waals surface area contributed by atoms with Crippen molar-refractivity contribution >= 4 is 0 Å². The highest BCUT2D eigenvalue weighted by Crippen LogP contribution is 2.31. The Morgan fingerprint density at radius 3 is 2.19 bits per heavy atom. The molecule has 0 spiro atoms. The van der Waals surface area contributed by atoms with Crippen LogP contribution in [0.4, 0.5) is 0 Å². The molecule has 88 valence electrons. The molecule has 1 aliphatic rings. The molecular weight excluding hydrogens is 194 g/mol. The van der Waals surface area contributed by atoms with Gasteiger partial charge in [0.15, 0.2) is 0 Å². The molecule has 0 aliphatic carbocycles. The first-order chi connectivity index (χ1) is 7.58. The first-order valence-electron chi connectivity index (χ1n) is 6.44. The minimum atomic E-state index is 0.611. The maximum absolute atomic E-state index is 3.60. The van der Waals surface area contributed by atoms with Gasteiger partial charge in [-0.3, -0.25) is 0 Å². The van der Waals surface area contributed by atoms with Crippen LogP contribution < -0.4 is 5.32 Å². The smallest absolute Gasteiger partial charge is 0.0110 e. The third kappa shape index (κ3) is 2.30. The lowest BCUT2D eigenvalue weighted by Gasteiger charge is -2.16. The minimum absolute atomic E-state index is 0.611.